The molecule has 0 spiro atoms. The minimum absolute atomic E-state index is 0.160. The van der Waals surface area contributed by atoms with Gasteiger partial charge in [-0.2, -0.15) is 0 Å². The summed E-state index contributed by atoms with van der Waals surface area (Å²) < 4.78 is 13.9. The van der Waals surface area contributed by atoms with Crippen LogP contribution in [0, 0.1) is 5.82 Å². The largest absolute Gasteiger partial charge is 0.372 e. The van der Waals surface area contributed by atoms with E-state index in [1.807, 2.05) is 39.0 Å². The maximum atomic E-state index is 13.9. The fourth-order valence-electron chi connectivity index (χ4n) is 2.04. The van der Waals surface area contributed by atoms with E-state index < -0.39 is 0 Å². The van der Waals surface area contributed by atoms with Crippen LogP contribution >= 0.6 is 0 Å². The third-order valence-electron chi connectivity index (χ3n) is 2.99. The van der Waals surface area contributed by atoms with Crippen LogP contribution in [0.15, 0.2) is 18.2 Å². The third kappa shape index (κ3) is 3.96. The summed E-state index contributed by atoms with van der Waals surface area (Å²) in [5.41, 5.74) is 7.39. The Hall–Kier alpha value is -1.13. The van der Waals surface area contributed by atoms with Crippen molar-refractivity contribution in [2.45, 2.75) is 19.4 Å². The Morgan fingerprint density at radius 2 is 1.89 bits per heavy atom. The molecular formula is C14H24FN3. The fourth-order valence-corrected chi connectivity index (χ4v) is 2.04. The molecule has 0 fully saturated rings. The molecule has 1 unspecified atom stereocenters. The standard InChI is InChI=1S/C14H24FN3/c1-11(16)12-7-5-8-13(15)14(12)18(4)10-6-9-17(2)3/h5,7-8,11H,6,9-10,16H2,1-4H3. The van der Waals surface area contributed by atoms with Gasteiger partial charge in [-0.15, -0.1) is 0 Å². The molecule has 0 aliphatic heterocycles. The Bertz CT molecular complexity index is 377. The predicted molar refractivity (Wildman–Crippen MR) is 75.4 cm³/mol. The van der Waals surface area contributed by atoms with Gasteiger partial charge in [-0.25, -0.2) is 4.39 Å². The molecule has 0 aromatic heterocycles. The summed E-state index contributed by atoms with van der Waals surface area (Å²) in [6, 6.07) is 4.94. The quantitative estimate of drug-likeness (QED) is 0.844. The highest BCUT2D eigenvalue weighted by atomic mass is 19.1. The number of hydrogen-bond acceptors (Lipinski definition) is 3. The lowest BCUT2D eigenvalue weighted by Crippen LogP contribution is -2.26. The van der Waals surface area contributed by atoms with Gasteiger partial charge in [0.1, 0.15) is 5.82 Å². The summed E-state index contributed by atoms with van der Waals surface area (Å²) >= 11 is 0. The number of hydrogen-bond donors (Lipinski definition) is 1. The van der Waals surface area contributed by atoms with Gasteiger partial charge in [0, 0.05) is 19.6 Å². The third-order valence-corrected chi connectivity index (χ3v) is 2.99. The molecule has 0 radical (unpaired) electrons. The molecule has 1 aromatic carbocycles. The average Bonchev–Trinajstić information content (AvgIpc) is 2.27. The molecule has 102 valence electrons. The highest BCUT2D eigenvalue weighted by molar-refractivity contribution is 5.55. The second-order valence-electron chi connectivity index (χ2n) is 5.04. The van der Waals surface area contributed by atoms with Crippen LogP contribution in [0.4, 0.5) is 10.1 Å². The average molecular weight is 253 g/mol. The van der Waals surface area contributed by atoms with Crippen molar-refractivity contribution in [1.82, 2.24) is 4.90 Å². The van der Waals surface area contributed by atoms with Gasteiger partial charge in [-0.1, -0.05) is 12.1 Å². The zero-order valence-corrected chi connectivity index (χ0v) is 11.8. The monoisotopic (exact) mass is 253 g/mol. The van der Waals surface area contributed by atoms with Crippen molar-refractivity contribution < 1.29 is 4.39 Å². The van der Waals surface area contributed by atoms with E-state index in [2.05, 4.69) is 4.90 Å². The van der Waals surface area contributed by atoms with Crippen LogP contribution in [-0.4, -0.2) is 39.1 Å². The summed E-state index contributed by atoms with van der Waals surface area (Å²) in [5.74, 6) is -0.197. The number of anilines is 1. The first-order chi connectivity index (χ1) is 8.43. The van der Waals surface area contributed by atoms with Crippen LogP contribution in [0.5, 0.6) is 0 Å². The zero-order chi connectivity index (χ0) is 13.7. The number of rotatable bonds is 6. The Labute approximate surface area is 109 Å². The molecule has 0 bridgehead atoms. The Balaban J connectivity index is 2.80. The second-order valence-corrected chi connectivity index (χ2v) is 5.04. The number of halogens is 1. The van der Waals surface area contributed by atoms with Gasteiger partial charge in [0.15, 0.2) is 0 Å². The Morgan fingerprint density at radius 1 is 1.22 bits per heavy atom. The number of para-hydroxylation sites is 1. The molecule has 0 amide bonds. The topological polar surface area (TPSA) is 32.5 Å². The summed E-state index contributed by atoms with van der Waals surface area (Å²) in [4.78, 5) is 4.08. The number of benzene rings is 1. The predicted octanol–water partition coefficient (Wildman–Crippen LogP) is 2.23. The molecule has 4 heteroatoms. The van der Waals surface area contributed by atoms with E-state index in [0.29, 0.717) is 5.69 Å². The van der Waals surface area contributed by atoms with E-state index in [4.69, 9.17) is 5.73 Å². The van der Waals surface area contributed by atoms with Gasteiger partial charge in [0.05, 0.1) is 5.69 Å². The first-order valence-electron chi connectivity index (χ1n) is 6.33. The van der Waals surface area contributed by atoms with E-state index in [-0.39, 0.29) is 11.9 Å². The normalized spacial score (nSPS) is 12.8. The summed E-state index contributed by atoms with van der Waals surface area (Å²) in [7, 11) is 5.99. The molecule has 0 heterocycles. The van der Waals surface area contributed by atoms with Crippen molar-refractivity contribution in [3.63, 3.8) is 0 Å². The highest BCUT2D eigenvalue weighted by Crippen LogP contribution is 2.27. The first kappa shape index (κ1) is 14.9. The lowest BCUT2D eigenvalue weighted by molar-refractivity contribution is 0.401. The molecule has 1 aromatic rings. The molecule has 1 atom stereocenters. The van der Waals surface area contributed by atoms with Gasteiger partial charge < -0.3 is 15.5 Å². The highest BCUT2D eigenvalue weighted by Gasteiger charge is 2.15. The molecule has 3 nitrogen and oxygen atoms in total. The molecular weight excluding hydrogens is 229 g/mol. The Kier molecular flexibility index (Phi) is 5.56. The lowest BCUT2D eigenvalue weighted by Gasteiger charge is -2.25. The summed E-state index contributed by atoms with van der Waals surface area (Å²) in [5, 5.41) is 0. The van der Waals surface area contributed by atoms with E-state index >= 15 is 0 Å². The van der Waals surface area contributed by atoms with Crippen molar-refractivity contribution >= 4 is 5.69 Å². The molecule has 2 N–H and O–H groups in total. The zero-order valence-electron chi connectivity index (χ0n) is 11.8. The minimum Gasteiger partial charge on any atom is -0.372 e. The van der Waals surface area contributed by atoms with Crippen molar-refractivity contribution in [2.24, 2.45) is 5.73 Å². The van der Waals surface area contributed by atoms with Crippen molar-refractivity contribution in [3.8, 4) is 0 Å². The van der Waals surface area contributed by atoms with Crippen molar-refractivity contribution in [2.75, 3.05) is 39.1 Å². The molecule has 18 heavy (non-hydrogen) atoms. The van der Waals surface area contributed by atoms with Crippen molar-refractivity contribution in [3.05, 3.63) is 29.6 Å². The van der Waals surface area contributed by atoms with Crippen LogP contribution in [0.25, 0.3) is 0 Å². The van der Waals surface area contributed by atoms with Crippen LogP contribution in [-0.2, 0) is 0 Å². The van der Waals surface area contributed by atoms with E-state index in [1.165, 1.54) is 6.07 Å². The number of nitrogens with two attached hydrogens (primary N) is 1. The van der Waals surface area contributed by atoms with E-state index in [1.54, 1.807) is 6.07 Å². The molecule has 1 rings (SSSR count). The lowest BCUT2D eigenvalue weighted by atomic mass is 10.1. The van der Waals surface area contributed by atoms with Gasteiger partial charge in [0.25, 0.3) is 0 Å². The van der Waals surface area contributed by atoms with Gasteiger partial charge in [-0.05, 0) is 45.6 Å². The smallest absolute Gasteiger partial charge is 0.146 e. The number of nitrogens with zero attached hydrogens (tertiary/aromatic N) is 2. The molecule has 0 aliphatic rings. The maximum Gasteiger partial charge on any atom is 0.146 e. The van der Waals surface area contributed by atoms with Crippen LogP contribution < -0.4 is 10.6 Å². The van der Waals surface area contributed by atoms with Gasteiger partial charge in [0.2, 0.25) is 0 Å². The minimum atomic E-state index is -0.197. The van der Waals surface area contributed by atoms with E-state index in [9.17, 15) is 4.39 Å². The summed E-state index contributed by atoms with van der Waals surface area (Å²) in [6.45, 7) is 3.69. The summed E-state index contributed by atoms with van der Waals surface area (Å²) in [6.07, 6.45) is 0.996. The fraction of sp³-hybridized carbons (Fsp3) is 0.571. The van der Waals surface area contributed by atoms with Crippen LogP contribution in [0.2, 0.25) is 0 Å². The molecule has 0 aliphatic carbocycles. The van der Waals surface area contributed by atoms with Crippen LogP contribution in [0.3, 0.4) is 0 Å². The molecule has 0 saturated heterocycles. The van der Waals surface area contributed by atoms with Crippen LogP contribution in [0.1, 0.15) is 24.9 Å². The van der Waals surface area contributed by atoms with Gasteiger partial charge >= 0.3 is 0 Å². The van der Waals surface area contributed by atoms with E-state index in [0.717, 1.165) is 25.1 Å². The van der Waals surface area contributed by atoms with Gasteiger partial charge in [-0.3, -0.25) is 0 Å². The second kappa shape index (κ2) is 6.71. The first-order valence-corrected chi connectivity index (χ1v) is 6.33. The van der Waals surface area contributed by atoms with Crippen molar-refractivity contribution in [1.29, 1.82) is 0 Å². The Morgan fingerprint density at radius 3 is 2.44 bits per heavy atom. The molecule has 0 saturated carbocycles. The maximum absolute atomic E-state index is 13.9. The SMILES string of the molecule is CC(N)c1cccc(F)c1N(C)CCCN(C)C.